The highest BCUT2D eigenvalue weighted by Crippen LogP contribution is 2.20. The standard InChI is InChI=1S/C10H20N2O3S/c1-4-16(14,15)10(2,3)9(13)12-7-5-11-6-8-12/h11H,4-8H2,1-3H3. The zero-order chi connectivity index (χ0) is 12.4. The van der Waals surface area contributed by atoms with Gasteiger partial charge in [-0.3, -0.25) is 4.79 Å². The van der Waals surface area contributed by atoms with E-state index in [1.54, 1.807) is 11.8 Å². The molecule has 0 spiro atoms. The predicted molar refractivity (Wildman–Crippen MR) is 63.0 cm³/mol. The molecule has 94 valence electrons. The van der Waals surface area contributed by atoms with E-state index in [9.17, 15) is 13.2 Å². The number of sulfone groups is 1. The van der Waals surface area contributed by atoms with Crippen LogP contribution in [0.15, 0.2) is 0 Å². The molecule has 1 aliphatic heterocycles. The molecule has 1 amide bonds. The first-order valence-corrected chi connectivity index (χ1v) is 7.20. The number of hydrogen-bond donors (Lipinski definition) is 1. The summed E-state index contributed by atoms with van der Waals surface area (Å²) in [5.41, 5.74) is 0. The Hall–Kier alpha value is -0.620. The van der Waals surface area contributed by atoms with E-state index in [1.807, 2.05) is 0 Å². The highest BCUT2D eigenvalue weighted by molar-refractivity contribution is 7.93. The van der Waals surface area contributed by atoms with Crippen molar-refractivity contribution < 1.29 is 13.2 Å². The van der Waals surface area contributed by atoms with Crippen molar-refractivity contribution in [3.05, 3.63) is 0 Å². The summed E-state index contributed by atoms with van der Waals surface area (Å²) in [5.74, 6) is -0.284. The lowest BCUT2D eigenvalue weighted by Crippen LogP contribution is -2.55. The predicted octanol–water partition coefficient (Wildman–Crippen LogP) is -0.368. The molecule has 0 aromatic heterocycles. The molecular weight excluding hydrogens is 228 g/mol. The van der Waals surface area contributed by atoms with E-state index in [0.717, 1.165) is 13.1 Å². The lowest BCUT2D eigenvalue weighted by Gasteiger charge is -2.34. The Morgan fingerprint density at radius 3 is 2.25 bits per heavy atom. The van der Waals surface area contributed by atoms with Crippen molar-refractivity contribution in [2.75, 3.05) is 31.9 Å². The largest absolute Gasteiger partial charge is 0.339 e. The molecule has 6 heteroatoms. The van der Waals surface area contributed by atoms with Gasteiger partial charge in [0.05, 0.1) is 0 Å². The van der Waals surface area contributed by atoms with Crippen LogP contribution in [0.5, 0.6) is 0 Å². The molecule has 1 fully saturated rings. The molecule has 5 nitrogen and oxygen atoms in total. The van der Waals surface area contributed by atoms with Gasteiger partial charge in [-0.15, -0.1) is 0 Å². The molecule has 0 unspecified atom stereocenters. The Balaban J connectivity index is 2.87. The molecule has 16 heavy (non-hydrogen) atoms. The van der Waals surface area contributed by atoms with Crippen molar-refractivity contribution in [3.8, 4) is 0 Å². The van der Waals surface area contributed by atoms with Crippen LogP contribution >= 0.6 is 0 Å². The van der Waals surface area contributed by atoms with Gasteiger partial charge < -0.3 is 10.2 Å². The summed E-state index contributed by atoms with van der Waals surface area (Å²) >= 11 is 0. The van der Waals surface area contributed by atoms with Gasteiger partial charge in [-0.2, -0.15) is 0 Å². The molecule has 0 saturated carbocycles. The Morgan fingerprint density at radius 1 is 1.31 bits per heavy atom. The fourth-order valence-corrected chi connectivity index (χ4v) is 2.86. The van der Waals surface area contributed by atoms with Crippen molar-refractivity contribution in [3.63, 3.8) is 0 Å². The smallest absolute Gasteiger partial charge is 0.243 e. The second-order valence-electron chi connectivity index (χ2n) is 4.46. The Labute approximate surface area is 97.1 Å². The first-order chi connectivity index (χ1) is 7.33. The van der Waals surface area contributed by atoms with Crippen LogP contribution in [0.2, 0.25) is 0 Å². The summed E-state index contributed by atoms with van der Waals surface area (Å²) in [7, 11) is -3.36. The normalized spacial score (nSPS) is 18.6. The van der Waals surface area contributed by atoms with Crippen LogP contribution in [0.1, 0.15) is 20.8 Å². The monoisotopic (exact) mass is 248 g/mol. The fourth-order valence-electron chi connectivity index (χ4n) is 1.74. The van der Waals surface area contributed by atoms with Crippen LogP contribution in [0.4, 0.5) is 0 Å². The second kappa shape index (κ2) is 4.71. The first kappa shape index (κ1) is 13.4. The van der Waals surface area contributed by atoms with Crippen LogP contribution in [0.3, 0.4) is 0 Å². The zero-order valence-corrected chi connectivity index (χ0v) is 10.9. The lowest BCUT2D eigenvalue weighted by molar-refractivity contribution is -0.133. The molecule has 1 rings (SSSR count). The highest BCUT2D eigenvalue weighted by Gasteiger charge is 2.42. The number of carbonyl (C=O) groups excluding carboxylic acids is 1. The van der Waals surface area contributed by atoms with Gasteiger partial charge in [-0.1, -0.05) is 6.92 Å². The minimum absolute atomic E-state index is 0.00215. The van der Waals surface area contributed by atoms with E-state index in [-0.39, 0.29) is 11.7 Å². The van der Waals surface area contributed by atoms with E-state index in [1.165, 1.54) is 13.8 Å². The molecule has 1 heterocycles. The second-order valence-corrected chi connectivity index (χ2v) is 7.28. The third-order valence-corrected chi connectivity index (χ3v) is 5.57. The molecule has 0 aromatic carbocycles. The molecule has 1 N–H and O–H groups in total. The molecular formula is C10H20N2O3S. The van der Waals surface area contributed by atoms with Gasteiger partial charge in [0.25, 0.3) is 0 Å². The van der Waals surface area contributed by atoms with E-state index < -0.39 is 14.6 Å². The number of hydrogen-bond acceptors (Lipinski definition) is 4. The van der Waals surface area contributed by atoms with Gasteiger partial charge >= 0.3 is 0 Å². The number of nitrogens with zero attached hydrogens (tertiary/aromatic N) is 1. The lowest BCUT2D eigenvalue weighted by atomic mass is 10.1. The van der Waals surface area contributed by atoms with Crippen molar-refractivity contribution in [2.45, 2.75) is 25.5 Å². The summed E-state index contributed by atoms with van der Waals surface area (Å²) in [6, 6.07) is 0. The van der Waals surface area contributed by atoms with E-state index in [0.29, 0.717) is 13.1 Å². The molecule has 1 aliphatic rings. The quantitative estimate of drug-likeness (QED) is 0.740. The van der Waals surface area contributed by atoms with Gasteiger partial charge in [0, 0.05) is 31.9 Å². The zero-order valence-electron chi connectivity index (χ0n) is 10.1. The van der Waals surface area contributed by atoms with Gasteiger partial charge in [0.15, 0.2) is 9.84 Å². The third kappa shape index (κ3) is 2.38. The van der Waals surface area contributed by atoms with E-state index >= 15 is 0 Å². The van der Waals surface area contributed by atoms with Gasteiger partial charge in [0.2, 0.25) is 5.91 Å². The Bertz CT molecular complexity index is 356. The van der Waals surface area contributed by atoms with Crippen molar-refractivity contribution in [2.24, 2.45) is 0 Å². The van der Waals surface area contributed by atoms with E-state index in [4.69, 9.17) is 0 Å². The van der Waals surface area contributed by atoms with Crippen LogP contribution < -0.4 is 5.32 Å². The molecule has 0 aromatic rings. The van der Waals surface area contributed by atoms with Crippen molar-refractivity contribution in [1.29, 1.82) is 0 Å². The van der Waals surface area contributed by atoms with Gasteiger partial charge in [0.1, 0.15) is 4.75 Å². The van der Waals surface area contributed by atoms with Crippen LogP contribution in [-0.2, 0) is 14.6 Å². The van der Waals surface area contributed by atoms with Gasteiger partial charge in [-0.25, -0.2) is 8.42 Å². The number of rotatable bonds is 3. The minimum Gasteiger partial charge on any atom is -0.339 e. The average molecular weight is 248 g/mol. The average Bonchev–Trinajstić information content (AvgIpc) is 2.29. The SMILES string of the molecule is CCS(=O)(=O)C(C)(C)C(=O)N1CCNCC1. The molecule has 0 aliphatic carbocycles. The minimum atomic E-state index is -3.36. The number of carbonyl (C=O) groups is 1. The van der Waals surface area contributed by atoms with Crippen molar-refractivity contribution >= 4 is 15.7 Å². The van der Waals surface area contributed by atoms with E-state index in [2.05, 4.69) is 5.32 Å². The maximum atomic E-state index is 12.1. The maximum Gasteiger partial charge on any atom is 0.243 e. The summed E-state index contributed by atoms with van der Waals surface area (Å²) in [4.78, 5) is 13.8. The third-order valence-electron chi connectivity index (χ3n) is 3.08. The van der Waals surface area contributed by atoms with Crippen LogP contribution in [-0.4, -0.2) is 55.9 Å². The summed E-state index contributed by atoms with van der Waals surface area (Å²) in [6.45, 7) is 7.19. The highest BCUT2D eigenvalue weighted by atomic mass is 32.2. The number of piperazine rings is 1. The number of amides is 1. The van der Waals surface area contributed by atoms with Crippen molar-refractivity contribution in [1.82, 2.24) is 10.2 Å². The summed E-state index contributed by atoms with van der Waals surface area (Å²) < 4.78 is 22.4. The first-order valence-electron chi connectivity index (χ1n) is 5.55. The topological polar surface area (TPSA) is 66.5 Å². The summed E-state index contributed by atoms with van der Waals surface area (Å²) in [6.07, 6.45) is 0. The van der Waals surface area contributed by atoms with Crippen LogP contribution in [0, 0.1) is 0 Å². The summed E-state index contributed by atoms with van der Waals surface area (Å²) in [5, 5.41) is 3.13. The fraction of sp³-hybridized carbons (Fsp3) is 0.900. The molecule has 0 atom stereocenters. The Morgan fingerprint density at radius 2 is 1.81 bits per heavy atom. The Kier molecular flexibility index (Phi) is 3.96. The number of nitrogens with one attached hydrogen (secondary N) is 1. The van der Waals surface area contributed by atoms with Gasteiger partial charge in [-0.05, 0) is 13.8 Å². The van der Waals surface area contributed by atoms with Crippen LogP contribution in [0.25, 0.3) is 0 Å². The maximum absolute atomic E-state index is 12.1. The molecule has 1 saturated heterocycles. The molecule has 0 bridgehead atoms. The molecule has 0 radical (unpaired) electrons.